The van der Waals surface area contributed by atoms with E-state index in [1.807, 2.05) is 6.92 Å². The molecule has 0 bridgehead atoms. The molecule has 0 spiro atoms. The third-order valence-corrected chi connectivity index (χ3v) is 3.30. The van der Waals surface area contributed by atoms with E-state index in [2.05, 4.69) is 4.74 Å². The van der Waals surface area contributed by atoms with Crippen LogP contribution in [0.1, 0.15) is 51.9 Å². The van der Waals surface area contributed by atoms with Crippen molar-refractivity contribution in [2.75, 3.05) is 6.61 Å². The number of hydrogen-bond acceptors (Lipinski definition) is 6. The number of carboxylic acid groups (broad SMARTS) is 2. The minimum Gasteiger partial charge on any atom is -0.478 e. The number of unbranched alkanes of at least 4 members (excludes halogenated alkanes) is 1. The second-order valence-corrected chi connectivity index (χ2v) is 5.56. The Kier molecular flexibility index (Phi) is 13.2. The van der Waals surface area contributed by atoms with Crippen LogP contribution in [0.5, 0.6) is 0 Å². The molecule has 8 nitrogen and oxygen atoms in total. The zero-order chi connectivity index (χ0) is 19.8. The van der Waals surface area contributed by atoms with Gasteiger partial charge < -0.3 is 19.7 Å². The lowest BCUT2D eigenvalue weighted by molar-refractivity contribution is -0.145. The molecular weight excluding hydrogens is 344 g/mol. The lowest BCUT2D eigenvalue weighted by Crippen LogP contribution is -2.19. The molecule has 2 N–H and O–H groups in total. The van der Waals surface area contributed by atoms with E-state index in [-0.39, 0.29) is 6.10 Å². The molecule has 0 atom stereocenters. The molecule has 0 radical (unpaired) electrons. The molecule has 0 amide bonds. The van der Waals surface area contributed by atoms with Crippen LogP contribution in [0.3, 0.4) is 0 Å². The van der Waals surface area contributed by atoms with Gasteiger partial charge in [0.05, 0.1) is 6.61 Å². The minimum absolute atomic E-state index is 0.0188. The van der Waals surface area contributed by atoms with E-state index in [0.29, 0.717) is 6.61 Å². The maximum atomic E-state index is 11.0. The maximum absolute atomic E-state index is 11.0. The fourth-order valence-corrected chi connectivity index (χ4v) is 2.03. The predicted octanol–water partition coefficient (Wildman–Crippen LogP) is 2.47. The van der Waals surface area contributed by atoms with E-state index in [9.17, 15) is 19.2 Å². The Balaban J connectivity index is 0.000000488. The molecule has 0 heterocycles. The van der Waals surface area contributed by atoms with Gasteiger partial charge in [0, 0.05) is 24.3 Å². The number of aliphatic carboxylic acids is 2. The van der Waals surface area contributed by atoms with Crippen LogP contribution in [0, 0.1) is 0 Å². The van der Waals surface area contributed by atoms with Gasteiger partial charge in [-0.15, -0.1) is 0 Å². The highest BCUT2D eigenvalue weighted by atomic mass is 16.5. The summed E-state index contributed by atoms with van der Waals surface area (Å²) in [7, 11) is 0. The van der Waals surface area contributed by atoms with Gasteiger partial charge in [0.25, 0.3) is 0 Å². The smallest absolute Gasteiger partial charge is 0.331 e. The molecule has 8 heteroatoms. The van der Waals surface area contributed by atoms with Crippen molar-refractivity contribution in [3.05, 3.63) is 24.3 Å². The fraction of sp³-hybridized carbons (Fsp3) is 0.556. The topological polar surface area (TPSA) is 127 Å². The summed E-state index contributed by atoms with van der Waals surface area (Å²) in [6.45, 7) is 2.32. The number of hydrogen-bond donors (Lipinski definition) is 2. The van der Waals surface area contributed by atoms with Gasteiger partial charge in [-0.25, -0.2) is 19.2 Å². The highest BCUT2D eigenvalue weighted by molar-refractivity contribution is 5.91. The molecule has 1 fully saturated rings. The first-order valence-corrected chi connectivity index (χ1v) is 8.54. The van der Waals surface area contributed by atoms with E-state index >= 15 is 0 Å². The number of rotatable bonds is 8. The van der Waals surface area contributed by atoms with Gasteiger partial charge in [0.15, 0.2) is 0 Å². The van der Waals surface area contributed by atoms with Gasteiger partial charge in [-0.05, 0) is 32.1 Å². The molecule has 1 aliphatic rings. The summed E-state index contributed by atoms with van der Waals surface area (Å²) in [5, 5.41) is 16.4. The summed E-state index contributed by atoms with van der Waals surface area (Å²) in [5.41, 5.74) is 0. The Bertz CT molecular complexity index is 515. The van der Waals surface area contributed by atoms with Gasteiger partial charge in [-0.1, -0.05) is 19.8 Å². The molecule has 26 heavy (non-hydrogen) atoms. The first-order chi connectivity index (χ1) is 12.3. The second kappa shape index (κ2) is 14.7. The van der Waals surface area contributed by atoms with Crippen molar-refractivity contribution in [3.63, 3.8) is 0 Å². The first-order valence-electron chi connectivity index (χ1n) is 8.54. The number of esters is 2. The summed E-state index contributed by atoms with van der Waals surface area (Å²) < 4.78 is 9.70. The molecule has 0 unspecified atom stereocenters. The summed E-state index contributed by atoms with van der Waals surface area (Å²) in [6.07, 6.45) is 10.3. The molecular formula is C18H26O8. The predicted molar refractivity (Wildman–Crippen MR) is 92.4 cm³/mol. The van der Waals surface area contributed by atoms with Gasteiger partial charge in [0.1, 0.15) is 6.10 Å². The molecule has 0 aliphatic heterocycles. The van der Waals surface area contributed by atoms with E-state index in [4.69, 9.17) is 14.9 Å². The van der Waals surface area contributed by atoms with Crippen molar-refractivity contribution >= 4 is 23.9 Å². The van der Waals surface area contributed by atoms with Gasteiger partial charge in [-0.2, -0.15) is 0 Å². The van der Waals surface area contributed by atoms with Crippen LogP contribution in [-0.4, -0.2) is 46.8 Å². The molecule has 146 valence electrons. The lowest BCUT2D eigenvalue weighted by Gasteiger charge is -2.20. The Morgan fingerprint density at radius 3 is 1.92 bits per heavy atom. The van der Waals surface area contributed by atoms with Crippen LogP contribution in [-0.2, 0) is 28.7 Å². The van der Waals surface area contributed by atoms with Crippen LogP contribution in [0.15, 0.2) is 24.3 Å². The van der Waals surface area contributed by atoms with Crippen LogP contribution in [0.4, 0.5) is 0 Å². The zero-order valence-corrected chi connectivity index (χ0v) is 14.9. The van der Waals surface area contributed by atoms with E-state index < -0.39 is 23.9 Å². The number of carbonyl (C=O) groups excluding carboxylic acids is 2. The normalized spacial score (nSPS) is 14.5. The average Bonchev–Trinajstić information content (AvgIpc) is 2.60. The number of carbonyl (C=O) groups is 4. The largest absolute Gasteiger partial charge is 0.478 e. The van der Waals surface area contributed by atoms with Crippen molar-refractivity contribution in [1.29, 1.82) is 0 Å². The Labute approximate surface area is 152 Å². The number of carboxylic acids is 2. The van der Waals surface area contributed by atoms with Crippen LogP contribution in [0.25, 0.3) is 0 Å². The molecule has 1 aliphatic carbocycles. The molecule has 0 saturated heterocycles. The molecule has 1 rings (SSSR count). The lowest BCUT2D eigenvalue weighted by atomic mass is 9.98. The SMILES string of the molecule is CCCCOC(=O)/C=C/C(=O)O.O=C(O)/C=C/C(=O)OC1CCCCC1. The summed E-state index contributed by atoms with van der Waals surface area (Å²) in [5.74, 6) is -3.45. The minimum atomic E-state index is -1.15. The highest BCUT2D eigenvalue weighted by Gasteiger charge is 2.16. The molecule has 0 aromatic heterocycles. The quantitative estimate of drug-likeness (QED) is 0.379. The van der Waals surface area contributed by atoms with Crippen LogP contribution >= 0.6 is 0 Å². The van der Waals surface area contributed by atoms with Crippen molar-refractivity contribution in [2.45, 2.75) is 58.0 Å². The Hall–Kier alpha value is -2.64. The van der Waals surface area contributed by atoms with E-state index in [0.717, 1.165) is 62.8 Å². The first kappa shape index (κ1) is 23.4. The zero-order valence-electron chi connectivity index (χ0n) is 14.9. The van der Waals surface area contributed by atoms with Crippen molar-refractivity contribution in [1.82, 2.24) is 0 Å². The summed E-state index contributed by atoms with van der Waals surface area (Å²) >= 11 is 0. The monoisotopic (exact) mass is 370 g/mol. The van der Waals surface area contributed by atoms with Gasteiger partial charge in [0.2, 0.25) is 0 Å². The standard InChI is InChI=1S/C10H14O4.C8H12O4/c11-9(12)6-7-10(13)14-8-4-2-1-3-5-8;1-2-3-6-12-8(11)5-4-7(9)10/h6-8H,1-5H2,(H,11,12);4-5H,2-3,6H2,1H3,(H,9,10)/b7-6+;5-4+. The Morgan fingerprint density at radius 1 is 0.885 bits per heavy atom. The summed E-state index contributed by atoms with van der Waals surface area (Å²) in [4.78, 5) is 41.7. The van der Waals surface area contributed by atoms with Crippen molar-refractivity contribution in [2.24, 2.45) is 0 Å². The maximum Gasteiger partial charge on any atom is 0.331 e. The molecule has 0 aromatic rings. The van der Waals surface area contributed by atoms with E-state index in [1.54, 1.807) is 0 Å². The average molecular weight is 370 g/mol. The third-order valence-electron chi connectivity index (χ3n) is 3.30. The van der Waals surface area contributed by atoms with Gasteiger partial charge >= 0.3 is 23.9 Å². The van der Waals surface area contributed by atoms with Crippen LogP contribution in [0.2, 0.25) is 0 Å². The number of ether oxygens (including phenoxy) is 2. The second-order valence-electron chi connectivity index (χ2n) is 5.56. The van der Waals surface area contributed by atoms with Gasteiger partial charge in [-0.3, -0.25) is 0 Å². The molecule has 0 aromatic carbocycles. The Morgan fingerprint density at radius 2 is 1.42 bits per heavy atom. The van der Waals surface area contributed by atoms with Crippen molar-refractivity contribution in [3.8, 4) is 0 Å². The fourth-order valence-electron chi connectivity index (χ4n) is 2.03. The van der Waals surface area contributed by atoms with Crippen molar-refractivity contribution < 1.29 is 38.9 Å². The third kappa shape index (κ3) is 14.9. The summed E-state index contributed by atoms with van der Waals surface area (Å²) in [6, 6.07) is 0. The highest BCUT2D eigenvalue weighted by Crippen LogP contribution is 2.20. The van der Waals surface area contributed by atoms with Crippen LogP contribution < -0.4 is 0 Å². The molecule has 1 saturated carbocycles. The van der Waals surface area contributed by atoms with E-state index in [1.165, 1.54) is 6.42 Å².